The van der Waals surface area contributed by atoms with E-state index in [4.69, 9.17) is 0 Å². The molecule has 0 bridgehead atoms. The largest absolute Gasteiger partial charge is 0.312 e. The molecule has 4 heterocycles. The monoisotopic (exact) mass is 328 g/mol. The molecular formula is C16H14F2N6. The van der Waals surface area contributed by atoms with Crippen molar-refractivity contribution in [1.29, 1.82) is 0 Å². The highest BCUT2D eigenvalue weighted by Gasteiger charge is 2.15. The lowest BCUT2D eigenvalue weighted by molar-refractivity contribution is 0.144. The van der Waals surface area contributed by atoms with Crippen molar-refractivity contribution in [2.24, 2.45) is 0 Å². The first kappa shape index (κ1) is 14.8. The van der Waals surface area contributed by atoms with E-state index >= 15 is 0 Å². The maximum atomic E-state index is 12.9. The molecular weight excluding hydrogens is 314 g/mol. The van der Waals surface area contributed by atoms with Crippen molar-refractivity contribution in [3.63, 3.8) is 0 Å². The van der Waals surface area contributed by atoms with Crippen LogP contribution in [-0.2, 0) is 0 Å². The first-order chi connectivity index (χ1) is 11.7. The third kappa shape index (κ3) is 2.65. The molecule has 1 aliphatic heterocycles. The second-order valence-corrected chi connectivity index (χ2v) is 5.46. The Bertz CT molecular complexity index is 918. The molecule has 0 aromatic carbocycles. The number of fused-ring (bicyclic) bond motifs is 1. The zero-order valence-electron chi connectivity index (χ0n) is 12.7. The Hall–Kier alpha value is -2.74. The van der Waals surface area contributed by atoms with Crippen LogP contribution in [0, 0.1) is 0 Å². The summed E-state index contributed by atoms with van der Waals surface area (Å²) >= 11 is 0. The van der Waals surface area contributed by atoms with Gasteiger partial charge in [0, 0.05) is 6.54 Å². The third-order valence-corrected chi connectivity index (χ3v) is 3.89. The summed E-state index contributed by atoms with van der Waals surface area (Å²) < 4.78 is 27.2. The average molecular weight is 328 g/mol. The maximum Gasteiger partial charge on any atom is 0.282 e. The number of rotatable bonds is 3. The number of alkyl halides is 2. The van der Waals surface area contributed by atoms with Crippen LogP contribution in [0.4, 0.5) is 8.78 Å². The van der Waals surface area contributed by atoms with E-state index in [1.165, 1.54) is 23.0 Å². The Morgan fingerprint density at radius 2 is 2.00 bits per heavy atom. The molecule has 4 rings (SSSR count). The molecule has 0 unspecified atom stereocenters. The van der Waals surface area contributed by atoms with Gasteiger partial charge in [-0.05, 0) is 36.7 Å². The van der Waals surface area contributed by atoms with E-state index < -0.39 is 6.43 Å². The lowest BCUT2D eigenvalue weighted by Gasteiger charge is -2.13. The molecule has 3 aromatic heterocycles. The van der Waals surface area contributed by atoms with Crippen molar-refractivity contribution in [2.45, 2.75) is 12.8 Å². The van der Waals surface area contributed by atoms with Crippen LogP contribution in [0.2, 0.25) is 0 Å². The Labute approximate surface area is 136 Å². The van der Waals surface area contributed by atoms with Gasteiger partial charge in [0.1, 0.15) is 17.7 Å². The van der Waals surface area contributed by atoms with Crippen molar-refractivity contribution < 1.29 is 8.78 Å². The fraction of sp³-hybridized carbons (Fsp3) is 0.250. The summed E-state index contributed by atoms with van der Waals surface area (Å²) in [4.78, 5) is 12.8. The van der Waals surface area contributed by atoms with Gasteiger partial charge in [0.25, 0.3) is 6.43 Å². The second-order valence-electron chi connectivity index (χ2n) is 5.46. The van der Waals surface area contributed by atoms with E-state index in [1.54, 1.807) is 6.20 Å². The van der Waals surface area contributed by atoms with Gasteiger partial charge in [0.05, 0.1) is 17.6 Å². The number of hydrogen-bond acceptors (Lipinski definition) is 5. The Morgan fingerprint density at radius 1 is 1.12 bits per heavy atom. The molecule has 6 nitrogen and oxygen atoms in total. The molecule has 0 atom stereocenters. The molecule has 24 heavy (non-hydrogen) atoms. The van der Waals surface area contributed by atoms with Crippen LogP contribution >= 0.6 is 0 Å². The minimum Gasteiger partial charge on any atom is -0.312 e. The lowest BCUT2D eigenvalue weighted by atomic mass is 10.1. The van der Waals surface area contributed by atoms with Crippen molar-refractivity contribution in [1.82, 2.24) is 29.9 Å². The molecule has 0 radical (unpaired) electrons. The molecule has 1 aliphatic rings. The molecule has 8 heteroatoms. The second kappa shape index (κ2) is 6.04. The molecule has 0 amide bonds. The fourth-order valence-electron chi connectivity index (χ4n) is 2.69. The standard InChI is InChI=1S/C16H14F2N6/c17-16(18)11-3-4-15-20-8-14(24(15)23-11)13-6-12(21-9-22-13)10-2-1-5-19-7-10/h2-4,6,8-9,16,19H,1,5,7H2. The van der Waals surface area contributed by atoms with Crippen molar-refractivity contribution in [2.75, 3.05) is 13.1 Å². The van der Waals surface area contributed by atoms with Crippen LogP contribution < -0.4 is 5.32 Å². The lowest BCUT2D eigenvalue weighted by Crippen LogP contribution is -2.21. The summed E-state index contributed by atoms with van der Waals surface area (Å²) in [7, 11) is 0. The van der Waals surface area contributed by atoms with Gasteiger partial charge in [-0.25, -0.2) is 28.2 Å². The van der Waals surface area contributed by atoms with E-state index in [2.05, 4.69) is 31.4 Å². The molecule has 1 N–H and O–H groups in total. The van der Waals surface area contributed by atoms with E-state index in [0.29, 0.717) is 17.0 Å². The average Bonchev–Trinajstić information content (AvgIpc) is 3.05. The normalized spacial score (nSPS) is 15.0. The fourth-order valence-corrected chi connectivity index (χ4v) is 2.69. The molecule has 122 valence electrons. The predicted molar refractivity (Wildman–Crippen MR) is 84.4 cm³/mol. The topological polar surface area (TPSA) is 68.0 Å². The molecule has 0 saturated carbocycles. The number of imidazole rings is 1. The Morgan fingerprint density at radius 3 is 2.79 bits per heavy atom. The summed E-state index contributed by atoms with van der Waals surface area (Å²) in [5, 5.41) is 7.27. The van der Waals surface area contributed by atoms with Gasteiger partial charge < -0.3 is 5.32 Å². The van der Waals surface area contributed by atoms with Gasteiger partial charge >= 0.3 is 0 Å². The van der Waals surface area contributed by atoms with Gasteiger partial charge in [0.15, 0.2) is 5.65 Å². The highest BCUT2D eigenvalue weighted by atomic mass is 19.3. The summed E-state index contributed by atoms with van der Waals surface area (Å²) in [5.41, 5.74) is 3.26. The smallest absolute Gasteiger partial charge is 0.282 e. The number of nitrogens with one attached hydrogen (secondary N) is 1. The summed E-state index contributed by atoms with van der Waals surface area (Å²) in [5.74, 6) is 0. The van der Waals surface area contributed by atoms with E-state index in [0.717, 1.165) is 30.8 Å². The third-order valence-electron chi connectivity index (χ3n) is 3.89. The zero-order valence-corrected chi connectivity index (χ0v) is 12.7. The van der Waals surface area contributed by atoms with Gasteiger partial charge in [-0.1, -0.05) is 6.08 Å². The SMILES string of the molecule is FC(F)c1ccc2ncc(-c3cc(C4=CCCNC4)ncn3)n2n1. The van der Waals surface area contributed by atoms with Gasteiger partial charge in [-0.3, -0.25) is 0 Å². The van der Waals surface area contributed by atoms with Gasteiger partial charge in [-0.15, -0.1) is 0 Å². The van der Waals surface area contributed by atoms with Crippen LogP contribution in [0.1, 0.15) is 24.2 Å². The summed E-state index contributed by atoms with van der Waals surface area (Å²) in [6.45, 7) is 1.70. The van der Waals surface area contributed by atoms with E-state index in [9.17, 15) is 8.78 Å². The number of aromatic nitrogens is 5. The Kier molecular flexibility index (Phi) is 3.73. The minimum atomic E-state index is -2.64. The number of halogens is 2. The molecule has 3 aromatic rings. The van der Waals surface area contributed by atoms with Crippen molar-refractivity contribution in [3.05, 3.63) is 48.2 Å². The van der Waals surface area contributed by atoms with Crippen molar-refractivity contribution >= 4 is 11.2 Å². The van der Waals surface area contributed by atoms with Crippen LogP contribution in [-0.4, -0.2) is 37.7 Å². The minimum absolute atomic E-state index is 0.296. The highest BCUT2D eigenvalue weighted by molar-refractivity contribution is 5.69. The molecule has 0 saturated heterocycles. The Balaban J connectivity index is 1.80. The zero-order chi connectivity index (χ0) is 16.5. The maximum absolute atomic E-state index is 12.9. The highest BCUT2D eigenvalue weighted by Crippen LogP contribution is 2.23. The van der Waals surface area contributed by atoms with Crippen LogP contribution in [0.5, 0.6) is 0 Å². The van der Waals surface area contributed by atoms with Gasteiger partial charge in [-0.2, -0.15) is 5.10 Å². The molecule has 0 aliphatic carbocycles. The van der Waals surface area contributed by atoms with Gasteiger partial charge in [0.2, 0.25) is 0 Å². The van der Waals surface area contributed by atoms with Crippen LogP contribution in [0.15, 0.2) is 36.8 Å². The number of hydrogen-bond donors (Lipinski definition) is 1. The summed E-state index contributed by atoms with van der Waals surface area (Å²) in [6.07, 6.45) is 3.51. The molecule has 0 spiro atoms. The summed E-state index contributed by atoms with van der Waals surface area (Å²) in [6, 6.07) is 4.63. The quantitative estimate of drug-likeness (QED) is 0.800. The van der Waals surface area contributed by atoms with Crippen molar-refractivity contribution in [3.8, 4) is 11.4 Å². The predicted octanol–water partition coefficient (Wildman–Crippen LogP) is 2.50. The van der Waals surface area contributed by atoms with Crippen LogP contribution in [0.25, 0.3) is 22.6 Å². The first-order valence-electron chi connectivity index (χ1n) is 7.58. The van der Waals surface area contributed by atoms with E-state index in [1.807, 2.05) is 6.07 Å². The molecule has 0 fully saturated rings. The first-order valence-corrected chi connectivity index (χ1v) is 7.58. The number of nitrogens with zero attached hydrogens (tertiary/aromatic N) is 5. The van der Waals surface area contributed by atoms with Crippen LogP contribution in [0.3, 0.4) is 0 Å². The van der Waals surface area contributed by atoms with E-state index in [-0.39, 0.29) is 5.69 Å².